The van der Waals surface area contributed by atoms with Gasteiger partial charge in [-0.15, -0.1) is 0 Å². The summed E-state index contributed by atoms with van der Waals surface area (Å²) in [6.07, 6.45) is 4.72. The summed E-state index contributed by atoms with van der Waals surface area (Å²) in [6.45, 7) is 1.55. The van der Waals surface area contributed by atoms with E-state index in [2.05, 4.69) is 24.8 Å². The van der Waals surface area contributed by atoms with Crippen LogP contribution in [0.3, 0.4) is 0 Å². The molecule has 1 atom stereocenters. The summed E-state index contributed by atoms with van der Waals surface area (Å²) in [5.74, 6) is 0.834. The number of aliphatic hydroxyl groups excluding tert-OH is 1. The molecule has 0 saturated carbocycles. The molecule has 0 aliphatic carbocycles. The van der Waals surface area contributed by atoms with Gasteiger partial charge in [-0.2, -0.15) is 0 Å². The first kappa shape index (κ1) is 9.53. The fourth-order valence-corrected chi connectivity index (χ4v) is 2.14. The lowest BCUT2D eigenvalue weighted by atomic mass is 10.1. The minimum absolute atomic E-state index is 0.262. The van der Waals surface area contributed by atoms with Crippen LogP contribution in [0.15, 0.2) is 12.7 Å². The van der Waals surface area contributed by atoms with Gasteiger partial charge in [-0.25, -0.2) is 15.0 Å². The van der Waals surface area contributed by atoms with E-state index in [-0.39, 0.29) is 6.10 Å². The van der Waals surface area contributed by atoms with Crippen LogP contribution in [-0.4, -0.2) is 44.2 Å². The number of imidazole rings is 1. The first-order valence-electron chi connectivity index (χ1n) is 5.41. The molecule has 0 radical (unpaired) electrons. The van der Waals surface area contributed by atoms with Crippen LogP contribution in [0.1, 0.15) is 12.8 Å². The molecule has 2 aromatic rings. The second-order valence-electron chi connectivity index (χ2n) is 4.04. The third kappa shape index (κ3) is 1.51. The third-order valence-electron chi connectivity index (χ3n) is 2.90. The van der Waals surface area contributed by atoms with Crippen molar-refractivity contribution in [3.63, 3.8) is 0 Å². The van der Waals surface area contributed by atoms with Gasteiger partial charge in [0.05, 0.1) is 12.4 Å². The van der Waals surface area contributed by atoms with E-state index in [9.17, 15) is 5.11 Å². The van der Waals surface area contributed by atoms with Crippen molar-refractivity contribution < 1.29 is 5.11 Å². The summed E-state index contributed by atoms with van der Waals surface area (Å²) in [4.78, 5) is 17.6. The molecule has 1 aliphatic heterocycles. The number of β-amino-alcohol motifs (C(OH)–C–C–N with tert-alkyl or cyclic N) is 1. The number of nitrogens with one attached hydrogen (secondary N) is 1. The summed E-state index contributed by atoms with van der Waals surface area (Å²) in [7, 11) is 0. The second-order valence-corrected chi connectivity index (χ2v) is 4.04. The van der Waals surface area contributed by atoms with Crippen LogP contribution in [-0.2, 0) is 0 Å². The number of hydrogen-bond acceptors (Lipinski definition) is 5. The number of hydrogen-bond donors (Lipinski definition) is 2. The summed E-state index contributed by atoms with van der Waals surface area (Å²) in [6, 6.07) is 0. The average molecular weight is 219 g/mol. The van der Waals surface area contributed by atoms with Crippen LogP contribution in [0.5, 0.6) is 0 Å². The van der Waals surface area contributed by atoms with E-state index >= 15 is 0 Å². The maximum atomic E-state index is 9.65. The van der Waals surface area contributed by atoms with E-state index in [0.29, 0.717) is 12.2 Å². The summed E-state index contributed by atoms with van der Waals surface area (Å²) >= 11 is 0. The number of H-pyrrole nitrogens is 1. The molecule has 6 heteroatoms. The first-order valence-corrected chi connectivity index (χ1v) is 5.41. The Bertz CT molecular complexity index is 497. The number of nitrogens with zero attached hydrogens (tertiary/aromatic N) is 4. The molecule has 0 spiro atoms. The van der Waals surface area contributed by atoms with E-state index in [1.807, 2.05) is 0 Å². The molecule has 2 aromatic heterocycles. The normalized spacial score (nSPS) is 21.6. The van der Waals surface area contributed by atoms with Crippen LogP contribution in [0, 0.1) is 0 Å². The van der Waals surface area contributed by atoms with E-state index in [4.69, 9.17) is 0 Å². The molecular weight excluding hydrogens is 206 g/mol. The summed E-state index contributed by atoms with van der Waals surface area (Å²) in [5, 5.41) is 9.65. The van der Waals surface area contributed by atoms with Gasteiger partial charge in [-0.1, -0.05) is 0 Å². The van der Waals surface area contributed by atoms with Crippen molar-refractivity contribution >= 4 is 17.0 Å². The number of piperidine rings is 1. The fourth-order valence-electron chi connectivity index (χ4n) is 2.14. The second kappa shape index (κ2) is 3.71. The largest absolute Gasteiger partial charge is 0.391 e. The molecule has 6 nitrogen and oxygen atoms in total. The lowest BCUT2D eigenvalue weighted by Crippen LogP contribution is -2.38. The van der Waals surface area contributed by atoms with Gasteiger partial charge in [0, 0.05) is 13.1 Å². The Morgan fingerprint density at radius 3 is 3.19 bits per heavy atom. The molecule has 3 rings (SSSR count). The van der Waals surface area contributed by atoms with Crippen molar-refractivity contribution in [1.82, 2.24) is 19.9 Å². The Kier molecular flexibility index (Phi) is 2.21. The molecule has 1 fully saturated rings. The summed E-state index contributed by atoms with van der Waals surface area (Å²) in [5.41, 5.74) is 1.52. The smallest absolute Gasteiger partial charge is 0.182 e. The molecule has 0 aromatic carbocycles. The highest BCUT2D eigenvalue weighted by Gasteiger charge is 2.21. The van der Waals surface area contributed by atoms with Gasteiger partial charge in [0.1, 0.15) is 11.8 Å². The molecule has 16 heavy (non-hydrogen) atoms. The Hall–Kier alpha value is -1.69. The van der Waals surface area contributed by atoms with Crippen LogP contribution >= 0.6 is 0 Å². The Labute approximate surface area is 92.4 Å². The molecule has 0 bridgehead atoms. The standard InChI is InChI=1S/C10H13N5O/c16-7-2-1-3-15(4-7)10-8-9(12-5-11-8)13-6-14-10/h5-7,16H,1-4H2,(H,11,12,13,14)/t7-/m0/s1. The molecular formula is C10H13N5O. The molecule has 1 saturated heterocycles. The van der Waals surface area contributed by atoms with Gasteiger partial charge in [-0.3, -0.25) is 0 Å². The van der Waals surface area contributed by atoms with Gasteiger partial charge in [0.15, 0.2) is 11.5 Å². The van der Waals surface area contributed by atoms with Crippen LogP contribution < -0.4 is 4.90 Å². The number of rotatable bonds is 1. The fraction of sp³-hybridized carbons (Fsp3) is 0.500. The lowest BCUT2D eigenvalue weighted by Gasteiger charge is -2.30. The van der Waals surface area contributed by atoms with E-state index in [1.165, 1.54) is 6.33 Å². The zero-order valence-corrected chi connectivity index (χ0v) is 8.80. The number of fused-ring (bicyclic) bond motifs is 1. The maximum Gasteiger partial charge on any atom is 0.182 e. The van der Waals surface area contributed by atoms with Crippen molar-refractivity contribution in [2.75, 3.05) is 18.0 Å². The minimum Gasteiger partial charge on any atom is -0.391 e. The third-order valence-corrected chi connectivity index (χ3v) is 2.90. The SMILES string of the molecule is O[C@H]1CCCN(c2ncnc3nc[nH]c23)C1. The number of aliphatic hydroxyl groups is 1. The highest BCUT2D eigenvalue weighted by atomic mass is 16.3. The zero-order chi connectivity index (χ0) is 11.0. The van der Waals surface area contributed by atoms with Crippen LogP contribution in [0.4, 0.5) is 5.82 Å². The van der Waals surface area contributed by atoms with Gasteiger partial charge >= 0.3 is 0 Å². The molecule has 3 heterocycles. The van der Waals surface area contributed by atoms with Gasteiger partial charge in [-0.05, 0) is 12.8 Å². The van der Waals surface area contributed by atoms with Crippen molar-refractivity contribution in [1.29, 1.82) is 0 Å². The number of aromatic nitrogens is 4. The number of anilines is 1. The molecule has 1 aliphatic rings. The topological polar surface area (TPSA) is 77.9 Å². The van der Waals surface area contributed by atoms with Crippen molar-refractivity contribution in [3.8, 4) is 0 Å². The van der Waals surface area contributed by atoms with E-state index in [0.717, 1.165) is 30.7 Å². The monoisotopic (exact) mass is 219 g/mol. The van der Waals surface area contributed by atoms with Crippen molar-refractivity contribution in [2.45, 2.75) is 18.9 Å². The highest BCUT2D eigenvalue weighted by molar-refractivity contribution is 5.82. The average Bonchev–Trinajstić information content (AvgIpc) is 2.76. The molecule has 84 valence electrons. The quantitative estimate of drug-likeness (QED) is 0.722. The van der Waals surface area contributed by atoms with Gasteiger partial charge < -0.3 is 15.0 Å². The van der Waals surface area contributed by atoms with Crippen LogP contribution in [0.25, 0.3) is 11.2 Å². The maximum absolute atomic E-state index is 9.65. The predicted octanol–water partition coefficient (Wildman–Crippen LogP) is 0.314. The summed E-state index contributed by atoms with van der Waals surface area (Å²) < 4.78 is 0. The highest BCUT2D eigenvalue weighted by Crippen LogP contribution is 2.22. The first-order chi connectivity index (χ1) is 7.84. The Morgan fingerprint density at radius 1 is 1.38 bits per heavy atom. The Balaban J connectivity index is 2.01. The number of aromatic amines is 1. The lowest BCUT2D eigenvalue weighted by molar-refractivity contribution is 0.154. The molecule has 0 amide bonds. The van der Waals surface area contributed by atoms with Crippen LogP contribution in [0.2, 0.25) is 0 Å². The zero-order valence-electron chi connectivity index (χ0n) is 8.80. The van der Waals surface area contributed by atoms with Gasteiger partial charge in [0.2, 0.25) is 0 Å². The minimum atomic E-state index is -0.262. The van der Waals surface area contributed by atoms with Gasteiger partial charge in [0.25, 0.3) is 0 Å². The predicted molar refractivity (Wildman–Crippen MR) is 59.1 cm³/mol. The van der Waals surface area contributed by atoms with Crippen molar-refractivity contribution in [2.24, 2.45) is 0 Å². The van der Waals surface area contributed by atoms with Crippen molar-refractivity contribution in [3.05, 3.63) is 12.7 Å². The Morgan fingerprint density at radius 2 is 2.31 bits per heavy atom. The van der Waals surface area contributed by atoms with E-state index in [1.54, 1.807) is 6.33 Å². The molecule has 0 unspecified atom stereocenters. The van der Waals surface area contributed by atoms with E-state index < -0.39 is 0 Å². The molecule has 2 N–H and O–H groups in total.